The molecule has 4 aromatic rings. The van der Waals surface area contributed by atoms with Gasteiger partial charge >= 0.3 is 0 Å². The zero-order valence-corrected chi connectivity index (χ0v) is 23.7. The van der Waals surface area contributed by atoms with Gasteiger partial charge in [-0.1, -0.05) is 6.07 Å². The molecule has 1 fully saturated rings. The van der Waals surface area contributed by atoms with Crippen molar-refractivity contribution in [2.24, 2.45) is 0 Å². The Balaban J connectivity index is 1.39. The number of benzene rings is 2. The van der Waals surface area contributed by atoms with Gasteiger partial charge in [0.25, 0.3) is 0 Å². The summed E-state index contributed by atoms with van der Waals surface area (Å²) in [5, 5.41) is 8.40. The van der Waals surface area contributed by atoms with Gasteiger partial charge < -0.3 is 33.2 Å². The van der Waals surface area contributed by atoms with E-state index < -0.39 is 5.60 Å². The van der Waals surface area contributed by atoms with E-state index in [1.807, 2.05) is 54.8 Å². The van der Waals surface area contributed by atoms with Gasteiger partial charge in [0.2, 0.25) is 0 Å². The van der Waals surface area contributed by atoms with Crippen LogP contribution in [0, 0.1) is 5.41 Å². The zero-order valence-electron chi connectivity index (χ0n) is 23.7. The van der Waals surface area contributed by atoms with E-state index in [0.29, 0.717) is 41.6 Å². The average Bonchev–Trinajstić information content (AvgIpc) is 3.65. The molecule has 0 aliphatic heterocycles. The number of rotatable bonds is 11. The quantitative estimate of drug-likeness (QED) is 0.269. The van der Waals surface area contributed by atoms with Crippen molar-refractivity contribution >= 4 is 11.2 Å². The van der Waals surface area contributed by atoms with Gasteiger partial charge in [-0.15, -0.1) is 0 Å². The Morgan fingerprint density at radius 3 is 2.35 bits per heavy atom. The van der Waals surface area contributed by atoms with Gasteiger partial charge in [-0.25, -0.2) is 9.97 Å². The molecule has 2 aromatic carbocycles. The van der Waals surface area contributed by atoms with E-state index in [1.54, 1.807) is 27.7 Å². The van der Waals surface area contributed by atoms with Crippen LogP contribution < -0.4 is 24.4 Å². The highest BCUT2D eigenvalue weighted by molar-refractivity contribution is 5.69. The van der Waals surface area contributed by atoms with Gasteiger partial charge in [-0.2, -0.15) is 0 Å². The Bertz CT molecular complexity index is 1520. The van der Waals surface area contributed by atoms with Crippen molar-refractivity contribution in [2.45, 2.75) is 64.4 Å². The Morgan fingerprint density at radius 1 is 0.950 bits per heavy atom. The third kappa shape index (κ3) is 5.91. The summed E-state index contributed by atoms with van der Waals surface area (Å²) < 4.78 is 30.8. The van der Waals surface area contributed by atoms with Crippen molar-refractivity contribution in [1.29, 1.82) is 5.41 Å². The smallest absolute Gasteiger partial charge is 0.173 e. The SMILES string of the molecule is COc1cc(COC(C)(C)c2nc3c([nH]2)c(=N)ncn3Cc2ccc(OC)c(OC3CCCC3)c2)cc(OC)c1. The molecule has 1 aliphatic rings. The van der Waals surface area contributed by atoms with Crippen LogP contribution >= 0.6 is 0 Å². The molecule has 0 unspecified atom stereocenters. The minimum Gasteiger partial charge on any atom is -0.497 e. The molecule has 2 N–H and O–H groups in total. The molecule has 1 aliphatic carbocycles. The molecule has 0 spiro atoms. The first-order valence-corrected chi connectivity index (χ1v) is 13.5. The number of fused-ring (bicyclic) bond motifs is 1. The molecule has 0 amide bonds. The number of aromatic nitrogens is 4. The molecular weight excluding hydrogens is 510 g/mol. The number of ether oxygens (including phenoxy) is 5. The molecule has 0 bridgehead atoms. The number of H-pyrrole nitrogens is 1. The van der Waals surface area contributed by atoms with Crippen LogP contribution in [0.5, 0.6) is 23.0 Å². The van der Waals surface area contributed by atoms with Gasteiger partial charge in [0, 0.05) is 6.07 Å². The second kappa shape index (κ2) is 11.6. The molecule has 10 heteroatoms. The van der Waals surface area contributed by atoms with Crippen LogP contribution in [0.2, 0.25) is 0 Å². The Morgan fingerprint density at radius 2 is 1.68 bits per heavy atom. The van der Waals surface area contributed by atoms with E-state index in [2.05, 4.69) is 9.97 Å². The maximum atomic E-state index is 8.40. The summed E-state index contributed by atoms with van der Waals surface area (Å²) in [6, 6.07) is 11.6. The van der Waals surface area contributed by atoms with Gasteiger partial charge in [0.15, 0.2) is 22.6 Å². The zero-order chi connectivity index (χ0) is 28.3. The third-order valence-electron chi connectivity index (χ3n) is 7.28. The lowest BCUT2D eigenvalue weighted by Gasteiger charge is -2.23. The first-order valence-electron chi connectivity index (χ1n) is 13.5. The van der Waals surface area contributed by atoms with Gasteiger partial charge in [0.05, 0.1) is 46.9 Å². The van der Waals surface area contributed by atoms with Crippen molar-refractivity contribution < 1.29 is 23.7 Å². The lowest BCUT2D eigenvalue weighted by atomic mass is 10.1. The molecule has 0 atom stereocenters. The largest absolute Gasteiger partial charge is 0.497 e. The van der Waals surface area contributed by atoms with Crippen molar-refractivity contribution in [2.75, 3.05) is 21.3 Å². The Hall–Kier alpha value is -4.05. The van der Waals surface area contributed by atoms with Crippen LogP contribution in [0.4, 0.5) is 0 Å². The van der Waals surface area contributed by atoms with Crippen molar-refractivity contribution in [3.05, 3.63) is 65.2 Å². The van der Waals surface area contributed by atoms with Crippen LogP contribution in [0.15, 0.2) is 42.7 Å². The van der Waals surface area contributed by atoms with Crippen molar-refractivity contribution in [1.82, 2.24) is 19.5 Å². The number of methoxy groups -OCH3 is 3. The predicted molar refractivity (Wildman–Crippen MR) is 150 cm³/mol. The second-order valence-electron chi connectivity index (χ2n) is 10.5. The van der Waals surface area contributed by atoms with Crippen LogP contribution in [0.1, 0.15) is 56.5 Å². The van der Waals surface area contributed by atoms with Crippen LogP contribution in [0.25, 0.3) is 11.2 Å². The molecule has 2 heterocycles. The van der Waals surface area contributed by atoms with Crippen LogP contribution in [-0.4, -0.2) is 47.0 Å². The number of nitrogens with zero attached hydrogens (tertiary/aromatic N) is 3. The maximum absolute atomic E-state index is 8.40. The normalized spacial score (nSPS) is 14.0. The lowest BCUT2D eigenvalue weighted by molar-refractivity contribution is -0.0394. The highest BCUT2D eigenvalue weighted by Gasteiger charge is 2.27. The summed E-state index contributed by atoms with van der Waals surface area (Å²) in [7, 11) is 4.90. The first kappa shape index (κ1) is 27.5. The average molecular weight is 548 g/mol. The fraction of sp³-hybridized carbons (Fsp3) is 0.433. The molecule has 1 saturated carbocycles. The monoisotopic (exact) mass is 547 g/mol. The third-order valence-corrected chi connectivity index (χ3v) is 7.28. The molecule has 10 nitrogen and oxygen atoms in total. The number of aromatic amines is 1. The summed E-state index contributed by atoms with van der Waals surface area (Å²) in [6.45, 7) is 4.71. The summed E-state index contributed by atoms with van der Waals surface area (Å²) >= 11 is 0. The highest BCUT2D eigenvalue weighted by atomic mass is 16.5. The van der Waals surface area contributed by atoms with E-state index >= 15 is 0 Å². The standard InChI is InChI=1S/C30H37N5O5/c1-30(2,39-17-20-12-22(36-3)15-23(13-20)37-4)29-33-26-27(31)32-18-35(28(26)34-29)16-19-10-11-24(38-5)25(14-19)40-21-8-6-7-9-21/h10-15,18,21,31H,6-9,16-17H2,1-5H3,(H,33,34). The number of nitrogens with one attached hydrogen (secondary N) is 2. The van der Waals surface area contributed by atoms with Crippen LogP contribution in [-0.2, 0) is 23.5 Å². The molecule has 5 rings (SSSR count). The number of hydrogen-bond acceptors (Lipinski definition) is 8. The maximum Gasteiger partial charge on any atom is 0.173 e. The first-order chi connectivity index (χ1) is 19.3. The topological polar surface area (TPSA) is 117 Å². The van der Waals surface area contributed by atoms with E-state index in [1.165, 1.54) is 12.8 Å². The summed E-state index contributed by atoms with van der Waals surface area (Å²) in [5.74, 6) is 3.47. The van der Waals surface area contributed by atoms with Crippen molar-refractivity contribution in [3.8, 4) is 23.0 Å². The van der Waals surface area contributed by atoms with Crippen molar-refractivity contribution in [3.63, 3.8) is 0 Å². The molecule has 2 aromatic heterocycles. The van der Waals surface area contributed by atoms with E-state index in [4.69, 9.17) is 34.1 Å². The Kier molecular flexibility index (Phi) is 7.97. The summed E-state index contributed by atoms with van der Waals surface area (Å²) in [5.41, 5.74) is 2.46. The van der Waals surface area contributed by atoms with Gasteiger partial charge in [0.1, 0.15) is 28.4 Å². The van der Waals surface area contributed by atoms with Gasteiger partial charge in [-0.3, -0.25) is 5.41 Å². The predicted octanol–water partition coefficient (Wildman–Crippen LogP) is 5.09. The lowest BCUT2D eigenvalue weighted by Crippen LogP contribution is -2.23. The van der Waals surface area contributed by atoms with E-state index in [0.717, 1.165) is 35.5 Å². The number of hydrogen-bond donors (Lipinski definition) is 2. The van der Waals surface area contributed by atoms with Gasteiger partial charge in [-0.05, 0) is 74.9 Å². The second-order valence-corrected chi connectivity index (χ2v) is 10.5. The summed E-state index contributed by atoms with van der Waals surface area (Å²) in [4.78, 5) is 12.5. The van der Waals surface area contributed by atoms with E-state index in [-0.39, 0.29) is 11.6 Å². The van der Waals surface area contributed by atoms with E-state index in [9.17, 15) is 0 Å². The minimum atomic E-state index is -0.776. The molecule has 212 valence electrons. The Labute approximate surface area is 233 Å². The highest BCUT2D eigenvalue weighted by Crippen LogP contribution is 2.33. The summed E-state index contributed by atoms with van der Waals surface area (Å²) in [6.07, 6.45) is 6.39. The minimum absolute atomic E-state index is 0.123. The fourth-order valence-electron chi connectivity index (χ4n) is 4.96. The molecule has 40 heavy (non-hydrogen) atoms. The molecule has 0 radical (unpaired) electrons. The molecule has 0 saturated heterocycles. The molecular formula is C30H37N5O5. The fourth-order valence-corrected chi connectivity index (χ4v) is 4.96. The number of imidazole rings is 1. The van der Waals surface area contributed by atoms with Crippen LogP contribution in [0.3, 0.4) is 0 Å².